The second-order valence-electron chi connectivity index (χ2n) is 10.4. The molecule has 0 aliphatic heterocycles. The van der Waals surface area contributed by atoms with Crippen molar-refractivity contribution in [3.8, 4) is 5.75 Å². The molecule has 0 aliphatic carbocycles. The number of nitrogens with one attached hydrogen (secondary N) is 1. The van der Waals surface area contributed by atoms with E-state index >= 15 is 0 Å². The first-order valence-electron chi connectivity index (χ1n) is 13.7. The highest BCUT2D eigenvalue weighted by molar-refractivity contribution is 5.91. The van der Waals surface area contributed by atoms with Gasteiger partial charge in [-0.2, -0.15) is 0 Å². The van der Waals surface area contributed by atoms with Crippen molar-refractivity contribution in [1.82, 2.24) is 4.90 Å². The molecule has 6 heteroatoms. The van der Waals surface area contributed by atoms with Crippen LogP contribution in [0.1, 0.15) is 96.3 Å². The van der Waals surface area contributed by atoms with Crippen LogP contribution in [0.3, 0.4) is 0 Å². The molecule has 2 aromatic carbocycles. The molecule has 0 saturated carbocycles. The van der Waals surface area contributed by atoms with E-state index < -0.39 is 11.6 Å². The third kappa shape index (κ3) is 9.42. The summed E-state index contributed by atoms with van der Waals surface area (Å²) in [7, 11) is 0. The fourth-order valence-electron chi connectivity index (χ4n) is 4.21. The molecular formula is C31H46N2O4. The largest absolute Gasteiger partial charge is 0.476 e. The highest BCUT2D eigenvalue weighted by Gasteiger charge is 2.31. The standard InChI is InChI=1S/C31H46N2O4/c1-8-10-11-12-13-21-33(30(35)32-28-24(5)15-14-16-27(28)23(3)4)22-25-17-19-26(20-18-25)37-31(6,7)29(34)36-9-2/h14-20,23H,8-13,21-22H2,1-7H3,(H,32,35). The fourth-order valence-corrected chi connectivity index (χ4v) is 4.21. The van der Waals surface area contributed by atoms with Crippen LogP contribution in [0.2, 0.25) is 0 Å². The zero-order chi connectivity index (χ0) is 27.4. The lowest BCUT2D eigenvalue weighted by atomic mass is 9.98. The van der Waals surface area contributed by atoms with E-state index in [1.807, 2.05) is 48.2 Å². The lowest BCUT2D eigenvalue weighted by molar-refractivity contribution is -0.158. The van der Waals surface area contributed by atoms with Gasteiger partial charge in [0, 0.05) is 18.8 Å². The number of carbonyl (C=O) groups excluding carboxylic acids is 2. The summed E-state index contributed by atoms with van der Waals surface area (Å²) in [5, 5.41) is 3.21. The summed E-state index contributed by atoms with van der Waals surface area (Å²) in [5.74, 6) is 0.491. The SMILES string of the molecule is CCCCCCCN(Cc1ccc(OC(C)(C)C(=O)OCC)cc1)C(=O)Nc1c(C)cccc1C(C)C. The first-order valence-corrected chi connectivity index (χ1v) is 13.7. The Bertz CT molecular complexity index is 999. The molecule has 0 heterocycles. The Balaban J connectivity index is 2.16. The van der Waals surface area contributed by atoms with Crippen LogP contribution in [0.15, 0.2) is 42.5 Å². The highest BCUT2D eigenvalue weighted by Crippen LogP contribution is 2.28. The first-order chi connectivity index (χ1) is 17.6. The summed E-state index contributed by atoms with van der Waals surface area (Å²) in [5.41, 5.74) is 3.03. The van der Waals surface area contributed by atoms with Crippen molar-refractivity contribution < 1.29 is 19.1 Å². The predicted octanol–water partition coefficient (Wildman–Crippen LogP) is 7.84. The molecule has 37 heavy (non-hydrogen) atoms. The summed E-state index contributed by atoms with van der Waals surface area (Å²) in [6.45, 7) is 15.2. The van der Waals surface area contributed by atoms with Gasteiger partial charge in [0.15, 0.2) is 5.60 Å². The quantitative estimate of drug-likeness (QED) is 0.208. The van der Waals surface area contributed by atoms with Crippen LogP contribution < -0.4 is 10.1 Å². The number of carbonyl (C=O) groups is 2. The maximum atomic E-state index is 13.5. The summed E-state index contributed by atoms with van der Waals surface area (Å²) < 4.78 is 11.0. The Morgan fingerprint density at radius 1 is 0.973 bits per heavy atom. The minimum atomic E-state index is -1.08. The van der Waals surface area contributed by atoms with Gasteiger partial charge in [-0.15, -0.1) is 0 Å². The molecule has 204 valence electrons. The van der Waals surface area contributed by atoms with Crippen molar-refractivity contribution in [2.45, 2.75) is 98.6 Å². The van der Waals surface area contributed by atoms with Crippen molar-refractivity contribution in [3.05, 3.63) is 59.2 Å². The van der Waals surface area contributed by atoms with Crippen molar-refractivity contribution in [1.29, 1.82) is 0 Å². The summed E-state index contributed by atoms with van der Waals surface area (Å²) >= 11 is 0. The number of hydrogen-bond acceptors (Lipinski definition) is 4. The van der Waals surface area contributed by atoms with Gasteiger partial charge >= 0.3 is 12.0 Å². The van der Waals surface area contributed by atoms with Gasteiger partial charge in [-0.3, -0.25) is 0 Å². The van der Waals surface area contributed by atoms with E-state index in [1.165, 1.54) is 19.3 Å². The van der Waals surface area contributed by atoms with E-state index in [2.05, 4.69) is 32.2 Å². The Morgan fingerprint density at radius 2 is 1.65 bits per heavy atom. The molecule has 0 radical (unpaired) electrons. The third-order valence-corrected chi connectivity index (χ3v) is 6.41. The summed E-state index contributed by atoms with van der Waals surface area (Å²) in [4.78, 5) is 27.5. The number of ether oxygens (including phenoxy) is 2. The zero-order valence-corrected chi connectivity index (χ0v) is 23.9. The van der Waals surface area contributed by atoms with Crippen LogP contribution >= 0.6 is 0 Å². The number of urea groups is 1. The second kappa shape index (κ2) is 14.7. The number of hydrogen-bond donors (Lipinski definition) is 1. The number of nitrogens with zero attached hydrogens (tertiary/aromatic N) is 1. The normalized spacial score (nSPS) is 11.4. The molecule has 2 rings (SSSR count). The van der Waals surface area contributed by atoms with Crippen LogP contribution in [0.4, 0.5) is 10.5 Å². The molecule has 0 unspecified atom stereocenters. The Hall–Kier alpha value is -3.02. The second-order valence-corrected chi connectivity index (χ2v) is 10.4. The van der Waals surface area contributed by atoms with Crippen molar-refractivity contribution in [2.24, 2.45) is 0 Å². The zero-order valence-electron chi connectivity index (χ0n) is 23.9. The molecule has 0 spiro atoms. The fraction of sp³-hybridized carbons (Fsp3) is 0.548. The maximum Gasteiger partial charge on any atom is 0.349 e. The van der Waals surface area contributed by atoms with E-state index in [1.54, 1.807) is 20.8 Å². The van der Waals surface area contributed by atoms with E-state index in [-0.39, 0.29) is 6.03 Å². The van der Waals surface area contributed by atoms with Gasteiger partial charge in [0.2, 0.25) is 0 Å². The third-order valence-electron chi connectivity index (χ3n) is 6.41. The predicted molar refractivity (Wildman–Crippen MR) is 151 cm³/mol. The topological polar surface area (TPSA) is 67.9 Å². The minimum absolute atomic E-state index is 0.0875. The number of rotatable bonds is 14. The molecular weight excluding hydrogens is 464 g/mol. The number of amides is 2. The summed E-state index contributed by atoms with van der Waals surface area (Å²) in [6.07, 6.45) is 5.67. The smallest absolute Gasteiger partial charge is 0.349 e. The van der Waals surface area contributed by atoms with E-state index in [0.29, 0.717) is 31.4 Å². The molecule has 6 nitrogen and oxygen atoms in total. The molecule has 0 fully saturated rings. The van der Waals surface area contributed by atoms with Crippen LogP contribution in [0.5, 0.6) is 5.75 Å². The molecule has 0 bridgehead atoms. The Morgan fingerprint density at radius 3 is 2.27 bits per heavy atom. The number of unbranched alkanes of at least 4 members (excludes halogenated alkanes) is 4. The Labute approximate surface area is 223 Å². The molecule has 1 N–H and O–H groups in total. The Kier molecular flexibility index (Phi) is 12.0. The van der Waals surface area contributed by atoms with E-state index in [0.717, 1.165) is 35.2 Å². The van der Waals surface area contributed by atoms with Gasteiger partial charge < -0.3 is 19.7 Å². The van der Waals surface area contributed by atoms with Crippen LogP contribution in [-0.4, -0.2) is 35.7 Å². The molecule has 0 atom stereocenters. The lowest BCUT2D eigenvalue weighted by Crippen LogP contribution is -2.39. The van der Waals surface area contributed by atoms with Crippen LogP contribution in [0.25, 0.3) is 0 Å². The number of anilines is 1. The monoisotopic (exact) mass is 510 g/mol. The maximum absolute atomic E-state index is 13.5. The van der Waals surface area contributed by atoms with Crippen LogP contribution in [-0.2, 0) is 16.1 Å². The van der Waals surface area contributed by atoms with E-state index in [9.17, 15) is 9.59 Å². The van der Waals surface area contributed by atoms with Crippen molar-refractivity contribution >= 4 is 17.7 Å². The van der Waals surface area contributed by atoms with Crippen molar-refractivity contribution in [3.63, 3.8) is 0 Å². The first kappa shape index (κ1) is 30.2. The number of benzene rings is 2. The molecule has 0 aliphatic rings. The highest BCUT2D eigenvalue weighted by atomic mass is 16.6. The van der Waals surface area contributed by atoms with Gasteiger partial charge in [-0.05, 0) is 68.9 Å². The molecule has 2 amide bonds. The number of para-hydroxylation sites is 1. The molecule has 2 aromatic rings. The average molecular weight is 511 g/mol. The summed E-state index contributed by atoms with van der Waals surface area (Å²) in [6, 6.07) is 13.6. The van der Waals surface area contributed by atoms with Gasteiger partial charge in [-0.25, -0.2) is 9.59 Å². The van der Waals surface area contributed by atoms with Gasteiger partial charge in [0.05, 0.1) is 6.61 Å². The van der Waals surface area contributed by atoms with Gasteiger partial charge in [-0.1, -0.05) is 76.8 Å². The minimum Gasteiger partial charge on any atom is -0.476 e. The van der Waals surface area contributed by atoms with Crippen molar-refractivity contribution in [2.75, 3.05) is 18.5 Å². The lowest BCUT2D eigenvalue weighted by Gasteiger charge is -2.26. The van der Waals surface area contributed by atoms with Gasteiger partial charge in [0.1, 0.15) is 5.75 Å². The number of esters is 1. The molecule has 0 aromatic heterocycles. The number of aryl methyl sites for hydroxylation is 1. The van der Waals surface area contributed by atoms with E-state index in [4.69, 9.17) is 9.47 Å². The van der Waals surface area contributed by atoms with Crippen LogP contribution in [0, 0.1) is 6.92 Å². The molecule has 0 saturated heterocycles. The van der Waals surface area contributed by atoms with Gasteiger partial charge in [0.25, 0.3) is 0 Å². The average Bonchev–Trinajstić information content (AvgIpc) is 2.85.